The minimum absolute atomic E-state index is 0.138. The highest BCUT2D eigenvalue weighted by molar-refractivity contribution is 7.18. The van der Waals surface area contributed by atoms with Gasteiger partial charge >= 0.3 is 0 Å². The Morgan fingerprint density at radius 3 is 2.38 bits per heavy atom. The van der Waals surface area contributed by atoms with Gasteiger partial charge in [0.15, 0.2) is 0 Å². The number of carbonyl (C=O) groups is 1. The summed E-state index contributed by atoms with van der Waals surface area (Å²) in [5, 5.41) is 13.0. The van der Waals surface area contributed by atoms with E-state index in [0.717, 1.165) is 16.1 Å². The number of aromatic nitrogens is 2. The lowest BCUT2D eigenvalue weighted by Gasteiger charge is -2.23. The maximum atomic E-state index is 12.7. The number of halogens is 1. The lowest BCUT2D eigenvalue weighted by molar-refractivity contribution is -0.120. The van der Waals surface area contributed by atoms with E-state index in [2.05, 4.69) is 15.5 Å². The van der Waals surface area contributed by atoms with Crippen molar-refractivity contribution >= 4 is 34.0 Å². The molecule has 1 heterocycles. The molecule has 0 spiro atoms. The summed E-state index contributed by atoms with van der Waals surface area (Å²) in [6, 6.07) is 17.0. The van der Waals surface area contributed by atoms with Crippen molar-refractivity contribution in [3.63, 3.8) is 0 Å². The zero-order valence-corrected chi connectivity index (χ0v) is 14.9. The fourth-order valence-corrected chi connectivity index (χ4v) is 3.09. The molecule has 6 heteroatoms. The van der Waals surface area contributed by atoms with Crippen LogP contribution in [0, 0.1) is 0 Å². The van der Waals surface area contributed by atoms with Crippen molar-refractivity contribution in [2.24, 2.45) is 0 Å². The quantitative estimate of drug-likeness (QED) is 0.731. The fourth-order valence-electron chi connectivity index (χ4n) is 2.22. The first-order valence-corrected chi connectivity index (χ1v) is 8.63. The molecule has 0 radical (unpaired) electrons. The van der Waals surface area contributed by atoms with Crippen molar-refractivity contribution in [3.8, 4) is 10.6 Å². The van der Waals surface area contributed by atoms with Crippen LogP contribution < -0.4 is 5.32 Å². The van der Waals surface area contributed by atoms with E-state index in [1.807, 2.05) is 56.3 Å². The molecule has 0 aliphatic heterocycles. The SMILES string of the molecule is CC(C)(C(=O)Nc1nnc(-c2ccccc2)s1)c1ccc(Cl)cc1. The Labute approximate surface area is 149 Å². The maximum Gasteiger partial charge on any atom is 0.236 e. The van der Waals surface area contributed by atoms with E-state index in [0.29, 0.717) is 10.2 Å². The second-order valence-corrected chi connectivity index (χ2v) is 7.28. The van der Waals surface area contributed by atoms with E-state index in [1.54, 1.807) is 12.1 Å². The number of anilines is 1. The molecule has 4 nitrogen and oxygen atoms in total. The minimum atomic E-state index is -0.705. The van der Waals surface area contributed by atoms with Crippen molar-refractivity contribution in [1.82, 2.24) is 10.2 Å². The molecule has 0 atom stereocenters. The van der Waals surface area contributed by atoms with E-state index >= 15 is 0 Å². The van der Waals surface area contributed by atoms with Crippen molar-refractivity contribution in [1.29, 1.82) is 0 Å². The summed E-state index contributed by atoms with van der Waals surface area (Å²) in [5.41, 5.74) is 1.16. The molecule has 1 aromatic heterocycles. The van der Waals surface area contributed by atoms with Gasteiger partial charge in [0.25, 0.3) is 0 Å². The van der Waals surface area contributed by atoms with E-state index in [9.17, 15) is 4.79 Å². The van der Waals surface area contributed by atoms with E-state index in [4.69, 9.17) is 11.6 Å². The number of benzene rings is 2. The fraction of sp³-hybridized carbons (Fsp3) is 0.167. The highest BCUT2D eigenvalue weighted by Gasteiger charge is 2.30. The summed E-state index contributed by atoms with van der Waals surface area (Å²) in [5.74, 6) is -0.138. The topological polar surface area (TPSA) is 54.9 Å². The van der Waals surface area contributed by atoms with Gasteiger partial charge in [0.2, 0.25) is 11.0 Å². The van der Waals surface area contributed by atoms with E-state index in [1.165, 1.54) is 11.3 Å². The zero-order chi connectivity index (χ0) is 17.2. The van der Waals surface area contributed by atoms with Crippen molar-refractivity contribution < 1.29 is 4.79 Å². The molecule has 3 aromatic rings. The van der Waals surface area contributed by atoms with Crippen LogP contribution in [-0.4, -0.2) is 16.1 Å². The molecule has 0 bridgehead atoms. The number of hydrogen-bond donors (Lipinski definition) is 1. The van der Waals surface area contributed by atoms with Gasteiger partial charge in [-0.15, -0.1) is 10.2 Å². The number of hydrogen-bond acceptors (Lipinski definition) is 4. The van der Waals surface area contributed by atoms with Crippen molar-refractivity contribution in [2.75, 3.05) is 5.32 Å². The first-order valence-electron chi connectivity index (χ1n) is 7.43. The third kappa shape index (κ3) is 3.47. The standard InChI is InChI=1S/C18H16ClN3OS/c1-18(2,13-8-10-14(19)11-9-13)16(23)20-17-22-21-15(24-17)12-6-4-3-5-7-12/h3-11H,1-2H3,(H,20,22,23). The van der Waals surface area contributed by atoms with Crippen LogP contribution in [0.15, 0.2) is 54.6 Å². The Morgan fingerprint density at radius 1 is 1.04 bits per heavy atom. The van der Waals surface area contributed by atoms with Crippen LogP contribution in [0.5, 0.6) is 0 Å². The van der Waals surface area contributed by atoms with Crippen LogP contribution >= 0.6 is 22.9 Å². The monoisotopic (exact) mass is 357 g/mol. The van der Waals surface area contributed by atoms with Crippen LogP contribution in [-0.2, 0) is 10.2 Å². The van der Waals surface area contributed by atoms with Crippen LogP contribution in [0.25, 0.3) is 10.6 Å². The maximum absolute atomic E-state index is 12.7. The van der Waals surface area contributed by atoms with Gasteiger partial charge in [-0.25, -0.2) is 0 Å². The Kier molecular flexibility index (Phi) is 4.64. The third-order valence-electron chi connectivity index (χ3n) is 3.80. The summed E-state index contributed by atoms with van der Waals surface area (Å²) in [6.07, 6.45) is 0. The summed E-state index contributed by atoms with van der Waals surface area (Å²) in [6.45, 7) is 3.73. The Bertz CT molecular complexity index is 844. The highest BCUT2D eigenvalue weighted by atomic mass is 35.5. The minimum Gasteiger partial charge on any atom is -0.300 e. The second-order valence-electron chi connectivity index (χ2n) is 5.86. The van der Waals surface area contributed by atoms with Crippen molar-refractivity contribution in [3.05, 3.63) is 65.2 Å². The van der Waals surface area contributed by atoms with Gasteiger partial charge < -0.3 is 0 Å². The number of rotatable bonds is 4. The molecule has 0 aliphatic carbocycles. The molecule has 1 N–H and O–H groups in total. The molecule has 0 saturated carbocycles. The van der Waals surface area contributed by atoms with Crippen LogP contribution in [0.1, 0.15) is 19.4 Å². The number of amides is 1. The van der Waals surface area contributed by atoms with Crippen LogP contribution in [0.2, 0.25) is 5.02 Å². The average Bonchev–Trinajstić information content (AvgIpc) is 3.04. The van der Waals surface area contributed by atoms with Gasteiger partial charge in [-0.05, 0) is 31.5 Å². The van der Waals surface area contributed by atoms with Gasteiger partial charge in [-0.3, -0.25) is 10.1 Å². The van der Waals surface area contributed by atoms with Gasteiger partial charge in [0, 0.05) is 10.6 Å². The third-order valence-corrected chi connectivity index (χ3v) is 4.94. The van der Waals surface area contributed by atoms with E-state index < -0.39 is 5.41 Å². The second kappa shape index (κ2) is 6.71. The molecule has 2 aromatic carbocycles. The Morgan fingerprint density at radius 2 is 1.71 bits per heavy atom. The Hall–Kier alpha value is -2.24. The van der Waals surface area contributed by atoms with Crippen LogP contribution in [0.3, 0.4) is 0 Å². The lowest BCUT2D eigenvalue weighted by atomic mass is 9.84. The summed E-state index contributed by atoms with van der Waals surface area (Å²) < 4.78 is 0. The smallest absolute Gasteiger partial charge is 0.236 e. The molecule has 0 unspecified atom stereocenters. The molecule has 0 saturated heterocycles. The summed E-state index contributed by atoms with van der Waals surface area (Å²) in [7, 11) is 0. The van der Waals surface area contributed by atoms with Gasteiger partial charge in [0.05, 0.1) is 5.41 Å². The molecule has 1 amide bonds. The molecule has 24 heavy (non-hydrogen) atoms. The Balaban J connectivity index is 1.77. The largest absolute Gasteiger partial charge is 0.300 e. The molecule has 0 aliphatic rings. The first-order chi connectivity index (χ1) is 11.5. The predicted octanol–water partition coefficient (Wildman–Crippen LogP) is 4.77. The summed E-state index contributed by atoms with van der Waals surface area (Å²) in [4.78, 5) is 12.7. The zero-order valence-electron chi connectivity index (χ0n) is 13.3. The number of carbonyl (C=O) groups excluding carboxylic acids is 1. The molecular formula is C18H16ClN3OS. The normalized spacial score (nSPS) is 11.3. The lowest BCUT2D eigenvalue weighted by Crippen LogP contribution is -2.34. The molecule has 0 fully saturated rings. The van der Waals surface area contributed by atoms with Gasteiger partial charge in [-0.2, -0.15) is 0 Å². The summed E-state index contributed by atoms with van der Waals surface area (Å²) >= 11 is 7.27. The molecule has 3 rings (SSSR count). The highest BCUT2D eigenvalue weighted by Crippen LogP contribution is 2.29. The molecular weight excluding hydrogens is 342 g/mol. The van der Waals surface area contributed by atoms with Crippen molar-refractivity contribution in [2.45, 2.75) is 19.3 Å². The average molecular weight is 358 g/mol. The van der Waals surface area contributed by atoms with Gasteiger partial charge in [0.1, 0.15) is 5.01 Å². The van der Waals surface area contributed by atoms with Gasteiger partial charge in [-0.1, -0.05) is 65.4 Å². The van der Waals surface area contributed by atoms with E-state index in [-0.39, 0.29) is 5.91 Å². The molecule has 122 valence electrons. The first kappa shape index (κ1) is 16.6. The number of nitrogens with one attached hydrogen (secondary N) is 1. The number of nitrogens with zero attached hydrogens (tertiary/aromatic N) is 2. The predicted molar refractivity (Wildman–Crippen MR) is 98.5 cm³/mol. The van der Waals surface area contributed by atoms with Crippen LogP contribution in [0.4, 0.5) is 5.13 Å².